The van der Waals surface area contributed by atoms with Crippen LogP contribution < -0.4 is 21.6 Å². The van der Waals surface area contributed by atoms with Gasteiger partial charge in [0.2, 0.25) is 11.7 Å². The van der Waals surface area contributed by atoms with Crippen LogP contribution in [0.2, 0.25) is 0 Å². The van der Waals surface area contributed by atoms with Gasteiger partial charge in [-0.25, -0.2) is 9.37 Å². The van der Waals surface area contributed by atoms with Crippen molar-refractivity contribution in [1.82, 2.24) is 14.5 Å². The molecule has 26 heavy (non-hydrogen) atoms. The third-order valence-corrected chi connectivity index (χ3v) is 4.40. The van der Waals surface area contributed by atoms with Crippen LogP contribution in [-0.2, 0) is 6.18 Å². The van der Waals surface area contributed by atoms with E-state index in [0.29, 0.717) is 10.5 Å². The molecule has 0 saturated carbocycles. The molecule has 0 unspecified atom stereocenters. The lowest BCUT2D eigenvalue weighted by Gasteiger charge is -2.33. The Hall–Kier alpha value is -1.93. The lowest BCUT2D eigenvalue weighted by atomic mass is 10.2. The molecule has 2 aromatic rings. The molecule has 0 fully saturated rings. The zero-order chi connectivity index (χ0) is 18.7. The number of hydrogen-bond donors (Lipinski definition) is 0. The van der Waals surface area contributed by atoms with Crippen molar-refractivity contribution >= 4 is 5.82 Å². The highest BCUT2D eigenvalue weighted by Crippen LogP contribution is 2.35. The standard InChI is InChI=1S/C17H20F4N3O.ClH/c1-4-24(5-2,6-3)15-10-16(23-11-22-15)25-12-7-8-14(18)13(9-12)17(19,20)21;/h7-11H,4-6H2,1-3H3;1H/q+1;/p-1. The average Bonchev–Trinajstić information content (AvgIpc) is 2.58. The van der Waals surface area contributed by atoms with E-state index < -0.39 is 17.6 Å². The van der Waals surface area contributed by atoms with Crippen molar-refractivity contribution < 1.29 is 34.7 Å². The normalized spacial score (nSPS) is 11.8. The minimum absolute atomic E-state index is 0. The van der Waals surface area contributed by atoms with Crippen molar-refractivity contribution in [2.24, 2.45) is 0 Å². The first-order valence-electron chi connectivity index (χ1n) is 7.99. The fourth-order valence-electron chi connectivity index (χ4n) is 2.71. The Morgan fingerprint density at radius 2 is 1.62 bits per heavy atom. The Balaban J connectivity index is 0.00000338. The van der Waals surface area contributed by atoms with E-state index in [9.17, 15) is 17.6 Å². The molecule has 1 heterocycles. The van der Waals surface area contributed by atoms with Gasteiger partial charge < -0.3 is 17.1 Å². The summed E-state index contributed by atoms with van der Waals surface area (Å²) in [5.41, 5.74) is -1.37. The summed E-state index contributed by atoms with van der Waals surface area (Å²) in [6, 6.07) is 4.09. The van der Waals surface area contributed by atoms with Crippen LogP contribution in [0.3, 0.4) is 0 Å². The van der Waals surface area contributed by atoms with Gasteiger partial charge in [-0.05, 0) is 39.0 Å². The van der Waals surface area contributed by atoms with Gasteiger partial charge in [0.1, 0.15) is 17.9 Å². The first-order valence-corrected chi connectivity index (χ1v) is 7.99. The van der Waals surface area contributed by atoms with Crippen LogP contribution >= 0.6 is 0 Å². The highest BCUT2D eigenvalue weighted by atomic mass is 35.5. The number of benzene rings is 1. The van der Waals surface area contributed by atoms with E-state index in [-0.39, 0.29) is 24.0 Å². The maximum Gasteiger partial charge on any atom is 0.419 e. The Morgan fingerprint density at radius 1 is 1.00 bits per heavy atom. The van der Waals surface area contributed by atoms with Gasteiger partial charge in [-0.1, -0.05) is 0 Å². The van der Waals surface area contributed by atoms with E-state index in [4.69, 9.17) is 4.74 Å². The molecule has 0 aliphatic carbocycles. The first kappa shape index (κ1) is 22.1. The molecule has 1 aromatic heterocycles. The minimum atomic E-state index is -4.79. The quantitative estimate of drug-likeness (QED) is 0.554. The Kier molecular flexibility index (Phi) is 7.35. The molecular weight excluding hydrogens is 374 g/mol. The monoisotopic (exact) mass is 393 g/mol. The number of hydrogen-bond acceptors (Lipinski definition) is 3. The number of halogens is 5. The largest absolute Gasteiger partial charge is 1.00 e. The molecule has 0 radical (unpaired) electrons. The molecule has 2 rings (SSSR count). The maximum atomic E-state index is 13.4. The number of ether oxygens (including phenoxy) is 1. The Labute approximate surface area is 155 Å². The van der Waals surface area contributed by atoms with Crippen molar-refractivity contribution in [2.75, 3.05) is 19.6 Å². The van der Waals surface area contributed by atoms with Crippen molar-refractivity contribution in [1.29, 1.82) is 0 Å². The molecule has 0 atom stereocenters. The van der Waals surface area contributed by atoms with E-state index in [2.05, 4.69) is 9.97 Å². The summed E-state index contributed by atoms with van der Waals surface area (Å²) in [7, 11) is 0. The summed E-state index contributed by atoms with van der Waals surface area (Å²) in [6.07, 6.45) is -3.48. The van der Waals surface area contributed by atoms with Gasteiger partial charge in [0.05, 0.1) is 31.3 Å². The second-order valence-electron chi connectivity index (χ2n) is 5.55. The average molecular weight is 394 g/mol. The lowest BCUT2D eigenvalue weighted by molar-refractivity contribution is -0.140. The van der Waals surface area contributed by atoms with Crippen LogP contribution in [0.4, 0.5) is 23.4 Å². The predicted molar refractivity (Wildman–Crippen MR) is 86.9 cm³/mol. The third-order valence-electron chi connectivity index (χ3n) is 4.40. The van der Waals surface area contributed by atoms with Gasteiger partial charge in [-0.15, -0.1) is 0 Å². The van der Waals surface area contributed by atoms with E-state index in [1.807, 2.05) is 20.8 Å². The predicted octanol–water partition coefficient (Wildman–Crippen LogP) is 1.80. The molecular formula is C17H20ClF4N3O. The summed E-state index contributed by atoms with van der Waals surface area (Å²) in [4.78, 5) is 8.23. The topological polar surface area (TPSA) is 35.0 Å². The molecule has 0 aliphatic heterocycles. The molecule has 4 nitrogen and oxygen atoms in total. The molecule has 0 N–H and O–H groups in total. The zero-order valence-electron chi connectivity index (χ0n) is 14.6. The molecule has 0 amide bonds. The van der Waals surface area contributed by atoms with E-state index in [0.717, 1.165) is 37.6 Å². The molecule has 1 aromatic carbocycles. The fraction of sp³-hybridized carbons (Fsp3) is 0.412. The van der Waals surface area contributed by atoms with Crippen LogP contribution in [0.1, 0.15) is 26.3 Å². The second kappa shape index (κ2) is 8.64. The molecule has 0 bridgehead atoms. The summed E-state index contributed by atoms with van der Waals surface area (Å²) < 4.78 is 57.8. The highest BCUT2D eigenvalue weighted by molar-refractivity contribution is 5.40. The Bertz CT molecular complexity index is 728. The number of rotatable bonds is 6. The van der Waals surface area contributed by atoms with Crippen LogP contribution in [0, 0.1) is 5.82 Å². The molecule has 0 spiro atoms. The smallest absolute Gasteiger partial charge is 0.419 e. The summed E-state index contributed by atoms with van der Waals surface area (Å²) in [5.74, 6) is -0.652. The van der Waals surface area contributed by atoms with Gasteiger partial charge in [-0.2, -0.15) is 18.2 Å². The summed E-state index contributed by atoms with van der Waals surface area (Å²) in [5, 5.41) is 0. The van der Waals surface area contributed by atoms with E-state index in [1.54, 1.807) is 6.07 Å². The molecule has 144 valence electrons. The number of aromatic nitrogens is 2. The lowest BCUT2D eigenvalue weighted by Crippen LogP contribution is -3.00. The van der Waals surface area contributed by atoms with Crippen molar-refractivity contribution in [3.8, 4) is 11.6 Å². The van der Waals surface area contributed by atoms with Gasteiger partial charge in [-0.3, -0.25) is 4.48 Å². The van der Waals surface area contributed by atoms with Gasteiger partial charge in [0, 0.05) is 0 Å². The second-order valence-corrected chi connectivity index (χ2v) is 5.55. The SMILES string of the molecule is CC[N+](CC)(CC)c1cc(Oc2ccc(F)c(C(F)(F)F)c2)ncn1.[Cl-]. The first-order chi connectivity index (χ1) is 11.8. The van der Waals surface area contributed by atoms with Gasteiger partial charge in [0.25, 0.3) is 0 Å². The van der Waals surface area contributed by atoms with Crippen LogP contribution in [0.15, 0.2) is 30.6 Å². The number of quaternary nitrogens is 1. The van der Waals surface area contributed by atoms with Crippen molar-refractivity contribution in [2.45, 2.75) is 26.9 Å². The number of alkyl halides is 3. The third kappa shape index (κ3) is 4.62. The molecule has 0 aliphatic rings. The number of nitrogens with zero attached hydrogens (tertiary/aromatic N) is 3. The minimum Gasteiger partial charge on any atom is -1.00 e. The molecule has 9 heteroatoms. The summed E-state index contributed by atoms with van der Waals surface area (Å²) >= 11 is 0. The van der Waals surface area contributed by atoms with Crippen molar-refractivity contribution in [3.63, 3.8) is 0 Å². The van der Waals surface area contributed by atoms with E-state index in [1.165, 1.54) is 6.33 Å². The van der Waals surface area contributed by atoms with E-state index >= 15 is 0 Å². The van der Waals surface area contributed by atoms with Gasteiger partial charge in [0.15, 0.2) is 0 Å². The zero-order valence-corrected chi connectivity index (χ0v) is 15.4. The van der Waals surface area contributed by atoms with Crippen LogP contribution in [0.25, 0.3) is 0 Å². The maximum absolute atomic E-state index is 13.4. The Morgan fingerprint density at radius 3 is 2.15 bits per heavy atom. The molecule has 0 saturated heterocycles. The summed E-state index contributed by atoms with van der Waals surface area (Å²) in [6.45, 7) is 8.51. The van der Waals surface area contributed by atoms with Gasteiger partial charge >= 0.3 is 6.18 Å². The highest BCUT2D eigenvalue weighted by Gasteiger charge is 2.34. The van der Waals surface area contributed by atoms with Crippen LogP contribution in [-0.4, -0.2) is 29.6 Å². The van der Waals surface area contributed by atoms with Crippen LogP contribution in [0.5, 0.6) is 11.6 Å². The van der Waals surface area contributed by atoms with Crippen molar-refractivity contribution in [3.05, 3.63) is 42.0 Å². The fourth-order valence-corrected chi connectivity index (χ4v) is 2.71.